The molecule has 0 bridgehead atoms. The minimum absolute atomic E-state index is 0.139. The van der Waals surface area contributed by atoms with Crippen LogP contribution in [0, 0.1) is 6.92 Å². The van der Waals surface area contributed by atoms with Crippen molar-refractivity contribution >= 4 is 27.3 Å². The normalized spacial score (nSPS) is 12.9. The van der Waals surface area contributed by atoms with Crippen LogP contribution in [0.3, 0.4) is 0 Å². The summed E-state index contributed by atoms with van der Waals surface area (Å²) in [6.45, 7) is 5.11. The summed E-state index contributed by atoms with van der Waals surface area (Å²) in [6.07, 6.45) is 4.87. The fourth-order valence-corrected chi connectivity index (χ4v) is 3.40. The quantitative estimate of drug-likeness (QED) is 0.916. The van der Waals surface area contributed by atoms with Crippen LogP contribution >= 0.6 is 27.3 Å². The van der Waals surface area contributed by atoms with Crippen molar-refractivity contribution in [3.63, 3.8) is 0 Å². The molecule has 1 unspecified atom stereocenters. The van der Waals surface area contributed by atoms with Gasteiger partial charge in [0.1, 0.15) is 0 Å². The van der Waals surface area contributed by atoms with E-state index in [0.717, 1.165) is 22.4 Å². The smallest absolute Gasteiger partial charge is 0.0897 e. The summed E-state index contributed by atoms with van der Waals surface area (Å²) in [5.41, 5.74) is 1.17. The Morgan fingerprint density at radius 1 is 1.50 bits per heavy atom. The van der Waals surface area contributed by atoms with Gasteiger partial charge in [0.05, 0.1) is 27.4 Å². The van der Waals surface area contributed by atoms with E-state index in [4.69, 9.17) is 0 Å². The van der Waals surface area contributed by atoms with Gasteiger partial charge in [0.2, 0.25) is 0 Å². The Bertz CT molecular complexity index is 520. The molecule has 0 radical (unpaired) electrons. The maximum Gasteiger partial charge on any atom is 0.0897 e. The molecule has 0 fully saturated rings. The van der Waals surface area contributed by atoms with E-state index < -0.39 is 0 Å². The Kier molecular flexibility index (Phi) is 4.53. The average molecular weight is 329 g/mol. The number of nitrogens with zero attached hydrogens (tertiary/aromatic N) is 3. The summed E-state index contributed by atoms with van der Waals surface area (Å²) in [7, 11) is 1.97. The lowest BCUT2D eigenvalue weighted by molar-refractivity contribution is 0.536. The molecule has 0 aliphatic rings. The number of hydrogen-bond donors (Lipinski definition) is 1. The number of nitrogens with one attached hydrogen (secondary N) is 1. The zero-order chi connectivity index (χ0) is 13.1. The highest BCUT2D eigenvalue weighted by atomic mass is 79.9. The summed E-state index contributed by atoms with van der Waals surface area (Å²) in [4.78, 5) is 5.55. The first kappa shape index (κ1) is 13.7. The molecule has 0 aliphatic heterocycles. The first-order valence-electron chi connectivity index (χ1n) is 5.98. The second kappa shape index (κ2) is 5.95. The van der Waals surface area contributed by atoms with Crippen molar-refractivity contribution in [2.24, 2.45) is 0 Å². The van der Waals surface area contributed by atoms with E-state index in [2.05, 4.69) is 42.9 Å². The van der Waals surface area contributed by atoms with Crippen LogP contribution in [0.5, 0.6) is 0 Å². The average Bonchev–Trinajstić information content (AvgIpc) is 2.91. The molecule has 4 nitrogen and oxygen atoms in total. The molecule has 0 saturated heterocycles. The summed E-state index contributed by atoms with van der Waals surface area (Å²) < 4.78 is 3.10. The lowest BCUT2D eigenvalue weighted by atomic mass is 10.2. The van der Waals surface area contributed by atoms with Gasteiger partial charge in [-0.05, 0) is 36.3 Å². The zero-order valence-corrected chi connectivity index (χ0v) is 13.2. The highest BCUT2D eigenvalue weighted by Gasteiger charge is 2.21. The van der Waals surface area contributed by atoms with Crippen LogP contribution in [0.1, 0.15) is 35.0 Å². The second-order valence-corrected chi connectivity index (χ2v) is 6.22. The predicted molar refractivity (Wildman–Crippen MR) is 78.0 cm³/mol. The molecule has 0 spiro atoms. The number of rotatable bonds is 5. The van der Waals surface area contributed by atoms with E-state index in [9.17, 15) is 0 Å². The molecule has 2 aromatic rings. The maximum atomic E-state index is 4.42. The van der Waals surface area contributed by atoms with Crippen LogP contribution in [0.25, 0.3) is 0 Å². The van der Waals surface area contributed by atoms with E-state index in [1.807, 2.05) is 26.4 Å². The van der Waals surface area contributed by atoms with Gasteiger partial charge < -0.3 is 5.32 Å². The molecule has 0 aliphatic carbocycles. The van der Waals surface area contributed by atoms with Gasteiger partial charge in [0.15, 0.2) is 0 Å². The van der Waals surface area contributed by atoms with E-state index in [-0.39, 0.29) is 6.04 Å². The maximum absolute atomic E-state index is 4.42. The number of aromatic nitrogens is 3. The molecule has 0 amide bonds. The number of halogens is 1. The van der Waals surface area contributed by atoms with Crippen LogP contribution in [0.15, 0.2) is 16.9 Å². The van der Waals surface area contributed by atoms with Gasteiger partial charge in [-0.25, -0.2) is 4.98 Å². The summed E-state index contributed by atoms with van der Waals surface area (Å²) in [5, 5.41) is 8.86. The fourth-order valence-electron chi connectivity index (χ4n) is 1.97. The largest absolute Gasteiger partial charge is 0.307 e. The van der Waals surface area contributed by atoms with Crippen molar-refractivity contribution in [2.75, 3.05) is 7.05 Å². The Morgan fingerprint density at radius 2 is 2.28 bits per heavy atom. The molecular formula is C12H17BrN4S. The Balaban J connectivity index is 2.41. The lowest BCUT2D eigenvalue weighted by Crippen LogP contribution is -2.21. The molecule has 18 heavy (non-hydrogen) atoms. The number of aryl methyl sites for hydroxylation is 2. The van der Waals surface area contributed by atoms with E-state index in [0.29, 0.717) is 0 Å². The van der Waals surface area contributed by atoms with Gasteiger partial charge in [-0.15, -0.1) is 11.3 Å². The van der Waals surface area contributed by atoms with Gasteiger partial charge >= 0.3 is 0 Å². The molecule has 2 rings (SSSR count). The van der Waals surface area contributed by atoms with Crippen molar-refractivity contribution < 1.29 is 0 Å². The third-order valence-electron chi connectivity index (χ3n) is 2.75. The monoisotopic (exact) mass is 328 g/mol. The van der Waals surface area contributed by atoms with Crippen molar-refractivity contribution in [1.82, 2.24) is 20.1 Å². The highest BCUT2D eigenvalue weighted by molar-refractivity contribution is 9.10. The van der Waals surface area contributed by atoms with Gasteiger partial charge in [-0.3, -0.25) is 4.68 Å². The number of thiazole rings is 1. The molecule has 6 heteroatoms. The molecule has 2 aromatic heterocycles. The minimum atomic E-state index is 0.139. The zero-order valence-electron chi connectivity index (χ0n) is 10.8. The van der Waals surface area contributed by atoms with Crippen LogP contribution in [0.2, 0.25) is 0 Å². The highest BCUT2D eigenvalue weighted by Crippen LogP contribution is 2.31. The molecule has 0 saturated carbocycles. The molecule has 98 valence electrons. The molecular weight excluding hydrogens is 312 g/mol. The van der Waals surface area contributed by atoms with E-state index in [1.165, 1.54) is 10.6 Å². The standard InChI is InChI=1S/C12H17BrN4S/c1-4-5-17-12(9(13)6-16-17)11(14-3)10-7-15-8(2)18-10/h6-7,11,14H,4-5H2,1-3H3. The SMILES string of the molecule is CCCn1ncc(Br)c1C(NC)c1cnc(C)s1. The molecule has 1 atom stereocenters. The fraction of sp³-hybridized carbons (Fsp3) is 0.500. The van der Waals surface area contributed by atoms with Crippen molar-refractivity contribution in [3.05, 3.63) is 32.4 Å². The van der Waals surface area contributed by atoms with Crippen LogP contribution < -0.4 is 5.32 Å². The van der Waals surface area contributed by atoms with Crippen LogP contribution in [-0.4, -0.2) is 21.8 Å². The lowest BCUT2D eigenvalue weighted by Gasteiger charge is -2.17. The van der Waals surface area contributed by atoms with E-state index in [1.54, 1.807) is 11.3 Å². The second-order valence-electron chi connectivity index (χ2n) is 4.10. The number of hydrogen-bond acceptors (Lipinski definition) is 4. The minimum Gasteiger partial charge on any atom is -0.307 e. The van der Waals surface area contributed by atoms with E-state index >= 15 is 0 Å². The van der Waals surface area contributed by atoms with Gasteiger partial charge in [0, 0.05) is 17.6 Å². The molecule has 0 aromatic carbocycles. The van der Waals surface area contributed by atoms with Crippen molar-refractivity contribution in [1.29, 1.82) is 0 Å². The Hall–Kier alpha value is -0.720. The summed E-state index contributed by atoms with van der Waals surface area (Å²) >= 11 is 5.31. The van der Waals surface area contributed by atoms with Crippen LogP contribution in [0.4, 0.5) is 0 Å². The third kappa shape index (κ3) is 2.65. The molecule has 1 N–H and O–H groups in total. The van der Waals surface area contributed by atoms with Gasteiger partial charge in [-0.1, -0.05) is 6.92 Å². The Labute approximate surface area is 120 Å². The first-order chi connectivity index (χ1) is 8.67. The van der Waals surface area contributed by atoms with Gasteiger partial charge in [0.25, 0.3) is 0 Å². The topological polar surface area (TPSA) is 42.7 Å². The predicted octanol–water partition coefficient (Wildman–Crippen LogP) is 3.13. The Morgan fingerprint density at radius 3 is 2.83 bits per heavy atom. The third-order valence-corrected chi connectivity index (χ3v) is 4.34. The first-order valence-corrected chi connectivity index (χ1v) is 7.59. The summed E-state index contributed by atoms with van der Waals surface area (Å²) in [5.74, 6) is 0. The van der Waals surface area contributed by atoms with Crippen LogP contribution in [-0.2, 0) is 6.54 Å². The van der Waals surface area contributed by atoms with Crippen molar-refractivity contribution in [3.8, 4) is 0 Å². The molecule has 2 heterocycles. The van der Waals surface area contributed by atoms with Crippen molar-refractivity contribution in [2.45, 2.75) is 32.9 Å². The summed E-state index contributed by atoms with van der Waals surface area (Å²) in [6, 6.07) is 0.139. The van der Waals surface area contributed by atoms with Gasteiger partial charge in [-0.2, -0.15) is 5.10 Å².